The minimum atomic E-state index is -0.422. The summed E-state index contributed by atoms with van der Waals surface area (Å²) in [5.41, 5.74) is 5.91. The number of hydrogen-bond acceptors (Lipinski definition) is 3. The van der Waals surface area contributed by atoms with Gasteiger partial charge in [0.15, 0.2) is 0 Å². The van der Waals surface area contributed by atoms with Gasteiger partial charge < -0.3 is 15.2 Å². The molecule has 2 N–H and O–H groups in total. The van der Waals surface area contributed by atoms with E-state index in [1.54, 1.807) is 18.2 Å². The molecule has 1 aromatic carbocycles. The van der Waals surface area contributed by atoms with Crippen molar-refractivity contribution in [3.8, 4) is 0 Å². The average molecular weight is 255 g/mol. The van der Waals surface area contributed by atoms with Gasteiger partial charge in [-0.25, -0.2) is 4.39 Å². The highest BCUT2D eigenvalue weighted by Crippen LogP contribution is 2.19. The number of halogens is 1. The zero-order valence-electron chi connectivity index (χ0n) is 11.3. The maximum Gasteiger partial charge on any atom is 0.129 e. The molecule has 0 saturated heterocycles. The Bertz CT molecular complexity index is 363. The minimum Gasteiger partial charge on any atom is -0.373 e. The molecule has 0 heterocycles. The summed E-state index contributed by atoms with van der Waals surface area (Å²) in [7, 11) is 0. The lowest BCUT2D eigenvalue weighted by atomic mass is 10.1. The molecule has 0 spiro atoms. The van der Waals surface area contributed by atoms with E-state index in [-0.39, 0.29) is 18.0 Å². The maximum atomic E-state index is 13.6. The van der Waals surface area contributed by atoms with E-state index >= 15 is 0 Å². The van der Waals surface area contributed by atoms with Crippen molar-refractivity contribution >= 4 is 0 Å². The van der Waals surface area contributed by atoms with Crippen molar-refractivity contribution in [2.45, 2.75) is 32.5 Å². The van der Waals surface area contributed by atoms with Gasteiger partial charge >= 0.3 is 0 Å². The highest BCUT2D eigenvalue weighted by Gasteiger charge is 2.15. The second-order valence-corrected chi connectivity index (χ2v) is 5.08. The molecule has 0 amide bonds. The molecule has 1 aromatic rings. The smallest absolute Gasteiger partial charge is 0.129 e. The van der Waals surface area contributed by atoms with Gasteiger partial charge in [0.25, 0.3) is 0 Å². The number of hydrogen-bond donors (Lipinski definition) is 1. The molecule has 18 heavy (non-hydrogen) atoms. The van der Waals surface area contributed by atoms with Gasteiger partial charge in [-0.1, -0.05) is 18.2 Å². The summed E-state index contributed by atoms with van der Waals surface area (Å²) in [6, 6.07) is 6.52. The monoisotopic (exact) mass is 255 g/mol. The van der Waals surface area contributed by atoms with E-state index in [1.807, 2.05) is 20.8 Å². The van der Waals surface area contributed by atoms with Crippen LogP contribution in [0.5, 0.6) is 0 Å². The van der Waals surface area contributed by atoms with E-state index in [4.69, 9.17) is 15.2 Å². The van der Waals surface area contributed by atoms with Crippen LogP contribution in [0.2, 0.25) is 0 Å². The van der Waals surface area contributed by atoms with Gasteiger partial charge in [0.1, 0.15) is 5.82 Å². The summed E-state index contributed by atoms with van der Waals surface area (Å²) in [4.78, 5) is 0. The Kier molecular flexibility index (Phi) is 5.72. The predicted molar refractivity (Wildman–Crippen MR) is 69.9 cm³/mol. The van der Waals surface area contributed by atoms with Crippen LogP contribution >= 0.6 is 0 Å². The molecule has 1 atom stereocenters. The Morgan fingerprint density at radius 1 is 1.22 bits per heavy atom. The van der Waals surface area contributed by atoms with Gasteiger partial charge in [-0.15, -0.1) is 0 Å². The second kappa shape index (κ2) is 6.83. The van der Waals surface area contributed by atoms with E-state index in [0.717, 1.165) is 0 Å². The molecule has 0 aromatic heterocycles. The highest BCUT2D eigenvalue weighted by atomic mass is 19.1. The Morgan fingerprint density at radius 3 is 2.44 bits per heavy atom. The molecular formula is C14H22FNO2. The molecule has 1 rings (SSSR count). The zero-order valence-corrected chi connectivity index (χ0v) is 11.3. The van der Waals surface area contributed by atoms with Crippen molar-refractivity contribution in [3.05, 3.63) is 35.6 Å². The molecule has 4 heteroatoms. The molecule has 0 saturated carbocycles. The quantitative estimate of drug-likeness (QED) is 0.795. The van der Waals surface area contributed by atoms with Crippen LogP contribution < -0.4 is 5.73 Å². The van der Waals surface area contributed by atoms with Crippen LogP contribution in [-0.4, -0.2) is 25.4 Å². The zero-order chi connectivity index (χ0) is 13.6. The fraction of sp³-hybridized carbons (Fsp3) is 0.571. The van der Waals surface area contributed by atoms with E-state index in [9.17, 15) is 4.39 Å². The van der Waals surface area contributed by atoms with Crippen LogP contribution in [0.3, 0.4) is 0 Å². The van der Waals surface area contributed by atoms with Gasteiger partial charge in [-0.2, -0.15) is 0 Å². The molecule has 0 aliphatic heterocycles. The Hall–Kier alpha value is -0.970. The summed E-state index contributed by atoms with van der Waals surface area (Å²) >= 11 is 0. The van der Waals surface area contributed by atoms with Crippen LogP contribution in [0.4, 0.5) is 4.39 Å². The Balaban J connectivity index is 2.46. The largest absolute Gasteiger partial charge is 0.373 e. The van der Waals surface area contributed by atoms with Crippen molar-refractivity contribution in [3.63, 3.8) is 0 Å². The minimum absolute atomic E-state index is 0.195. The van der Waals surface area contributed by atoms with Crippen LogP contribution in [-0.2, 0) is 9.47 Å². The first-order chi connectivity index (χ1) is 8.44. The van der Waals surface area contributed by atoms with E-state index < -0.39 is 6.10 Å². The molecule has 0 aliphatic rings. The third-order valence-corrected chi connectivity index (χ3v) is 2.40. The summed E-state index contributed by atoms with van der Waals surface area (Å²) < 4.78 is 24.7. The van der Waals surface area contributed by atoms with Crippen molar-refractivity contribution < 1.29 is 13.9 Å². The number of benzene rings is 1. The normalized spacial score (nSPS) is 13.6. The van der Waals surface area contributed by atoms with Crippen LogP contribution in [0.25, 0.3) is 0 Å². The first-order valence-corrected chi connectivity index (χ1v) is 6.14. The van der Waals surface area contributed by atoms with E-state index in [2.05, 4.69) is 0 Å². The van der Waals surface area contributed by atoms with E-state index in [1.165, 1.54) is 6.07 Å². The maximum absolute atomic E-state index is 13.6. The number of nitrogens with two attached hydrogens (primary N) is 1. The summed E-state index contributed by atoms with van der Waals surface area (Å²) in [5, 5.41) is 0. The highest BCUT2D eigenvalue weighted by molar-refractivity contribution is 5.20. The summed E-state index contributed by atoms with van der Waals surface area (Å²) in [6.45, 7) is 7.04. The lowest BCUT2D eigenvalue weighted by Gasteiger charge is -2.21. The molecule has 1 unspecified atom stereocenters. The predicted octanol–water partition coefficient (Wildman–Crippen LogP) is 2.66. The average Bonchev–Trinajstić information content (AvgIpc) is 2.29. The standard InChI is InChI=1S/C14H22FNO2/c1-14(2,3)18-9-8-17-13(10-16)11-6-4-5-7-12(11)15/h4-7,13H,8-10,16H2,1-3H3. The van der Waals surface area contributed by atoms with Gasteiger partial charge in [0.2, 0.25) is 0 Å². The van der Waals surface area contributed by atoms with Crippen molar-refractivity contribution in [2.24, 2.45) is 5.73 Å². The Morgan fingerprint density at radius 2 is 1.89 bits per heavy atom. The number of rotatable bonds is 6. The fourth-order valence-electron chi connectivity index (χ4n) is 1.56. The second-order valence-electron chi connectivity index (χ2n) is 5.08. The molecule has 0 radical (unpaired) electrons. The molecular weight excluding hydrogens is 233 g/mol. The van der Waals surface area contributed by atoms with Crippen LogP contribution in [0.1, 0.15) is 32.4 Å². The fourth-order valence-corrected chi connectivity index (χ4v) is 1.56. The Labute approximate surface area is 108 Å². The lowest BCUT2D eigenvalue weighted by molar-refractivity contribution is -0.0511. The van der Waals surface area contributed by atoms with Crippen molar-refractivity contribution in [2.75, 3.05) is 19.8 Å². The SMILES string of the molecule is CC(C)(C)OCCOC(CN)c1ccccc1F. The van der Waals surface area contributed by atoms with Gasteiger partial charge in [0.05, 0.1) is 24.9 Å². The molecule has 0 aliphatic carbocycles. The first-order valence-electron chi connectivity index (χ1n) is 6.14. The molecule has 0 bridgehead atoms. The first kappa shape index (κ1) is 15.1. The molecule has 0 fully saturated rings. The molecule has 102 valence electrons. The third-order valence-electron chi connectivity index (χ3n) is 2.40. The van der Waals surface area contributed by atoms with Crippen molar-refractivity contribution in [1.29, 1.82) is 0 Å². The summed E-state index contributed by atoms with van der Waals surface area (Å²) in [6.07, 6.45) is -0.422. The van der Waals surface area contributed by atoms with Crippen LogP contribution in [0.15, 0.2) is 24.3 Å². The third kappa shape index (κ3) is 5.12. The summed E-state index contributed by atoms with van der Waals surface area (Å²) in [5.74, 6) is -0.287. The van der Waals surface area contributed by atoms with Crippen LogP contribution in [0, 0.1) is 5.82 Å². The topological polar surface area (TPSA) is 44.5 Å². The van der Waals surface area contributed by atoms with E-state index in [0.29, 0.717) is 18.8 Å². The number of ether oxygens (including phenoxy) is 2. The van der Waals surface area contributed by atoms with Gasteiger partial charge in [-0.05, 0) is 26.8 Å². The van der Waals surface area contributed by atoms with Gasteiger partial charge in [-0.3, -0.25) is 0 Å². The molecule has 3 nitrogen and oxygen atoms in total. The van der Waals surface area contributed by atoms with Crippen molar-refractivity contribution in [1.82, 2.24) is 0 Å². The lowest BCUT2D eigenvalue weighted by Crippen LogP contribution is -2.24. The van der Waals surface area contributed by atoms with Gasteiger partial charge in [0, 0.05) is 12.1 Å².